The van der Waals surface area contributed by atoms with Crippen molar-refractivity contribution >= 4 is 0 Å². The SMILES string of the molecule is CC(C)CC12CCC(C)(O1)C(O)C2. The maximum absolute atomic E-state index is 9.83. The first-order chi connectivity index (χ1) is 5.96. The zero-order valence-electron chi connectivity index (χ0n) is 8.84. The van der Waals surface area contributed by atoms with Crippen molar-refractivity contribution in [3.05, 3.63) is 0 Å². The first-order valence-electron chi connectivity index (χ1n) is 5.34. The van der Waals surface area contributed by atoms with Crippen LogP contribution in [0, 0.1) is 5.92 Å². The molecule has 0 saturated carbocycles. The molecule has 0 amide bonds. The molecule has 0 spiro atoms. The van der Waals surface area contributed by atoms with Crippen LogP contribution in [0.1, 0.15) is 46.5 Å². The Morgan fingerprint density at radius 3 is 2.54 bits per heavy atom. The van der Waals surface area contributed by atoms with Gasteiger partial charge >= 0.3 is 0 Å². The van der Waals surface area contributed by atoms with E-state index in [1.165, 1.54) is 0 Å². The summed E-state index contributed by atoms with van der Waals surface area (Å²) < 4.78 is 6.02. The summed E-state index contributed by atoms with van der Waals surface area (Å²) in [6, 6.07) is 0. The molecular formula is C11H20O2. The summed E-state index contributed by atoms with van der Waals surface area (Å²) in [4.78, 5) is 0. The molecule has 0 radical (unpaired) electrons. The molecule has 0 aromatic carbocycles. The first kappa shape index (κ1) is 9.47. The predicted molar refractivity (Wildman–Crippen MR) is 51.5 cm³/mol. The van der Waals surface area contributed by atoms with Crippen LogP contribution in [0.5, 0.6) is 0 Å². The molecule has 0 aromatic rings. The standard InChI is InChI=1S/C11H20O2/c1-8(2)6-11-5-4-10(3,13-11)9(12)7-11/h8-9,12H,4-7H2,1-3H3. The van der Waals surface area contributed by atoms with E-state index < -0.39 is 0 Å². The molecule has 76 valence electrons. The molecule has 2 heteroatoms. The third kappa shape index (κ3) is 1.40. The van der Waals surface area contributed by atoms with E-state index in [0.717, 1.165) is 25.7 Å². The number of aliphatic hydroxyl groups excluding tert-OH is 1. The minimum absolute atomic E-state index is 0.0162. The third-order valence-electron chi connectivity index (χ3n) is 3.58. The molecule has 0 aliphatic carbocycles. The van der Waals surface area contributed by atoms with E-state index in [4.69, 9.17) is 4.74 Å². The van der Waals surface area contributed by atoms with Crippen molar-refractivity contribution in [3.63, 3.8) is 0 Å². The number of rotatable bonds is 2. The lowest BCUT2D eigenvalue weighted by Gasteiger charge is -2.27. The number of hydrogen-bond acceptors (Lipinski definition) is 2. The van der Waals surface area contributed by atoms with Crippen LogP contribution >= 0.6 is 0 Å². The van der Waals surface area contributed by atoms with Crippen molar-refractivity contribution in [1.29, 1.82) is 0 Å². The number of hydrogen-bond donors (Lipinski definition) is 1. The molecule has 2 aliphatic heterocycles. The van der Waals surface area contributed by atoms with Crippen molar-refractivity contribution in [2.24, 2.45) is 5.92 Å². The first-order valence-corrected chi connectivity index (χ1v) is 5.34. The highest BCUT2D eigenvalue weighted by Crippen LogP contribution is 2.53. The topological polar surface area (TPSA) is 29.5 Å². The second-order valence-corrected chi connectivity index (χ2v) is 5.42. The van der Waals surface area contributed by atoms with Gasteiger partial charge in [-0.3, -0.25) is 0 Å². The fourth-order valence-electron chi connectivity index (χ4n) is 2.99. The van der Waals surface area contributed by atoms with Crippen LogP contribution in [0.4, 0.5) is 0 Å². The summed E-state index contributed by atoms with van der Waals surface area (Å²) in [7, 11) is 0. The van der Waals surface area contributed by atoms with Crippen molar-refractivity contribution in [3.8, 4) is 0 Å². The molecule has 2 bridgehead atoms. The fourth-order valence-corrected chi connectivity index (χ4v) is 2.99. The second kappa shape index (κ2) is 2.71. The maximum Gasteiger partial charge on any atom is 0.0921 e. The van der Waals surface area contributed by atoms with Gasteiger partial charge in [0.05, 0.1) is 17.3 Å². The van der Waals surface area contributed by atoms with Crippen LogP contribution in [0.15, 0.2) is 0 Å². The monoisotopic (exact) mass is 184 g/mol. The van der Waals surface area contributed by atoms with Crippen LogP contribution in [0.3, 0.4) is 0 Å². The van der Waals surface area contributed by atoms with Gasteiger partial charge in [0.25, 0.3) is 0 Å². The molecule has 2 saturated heterocycles. The number of fused-ring (bicyclic) bond motifs is 2. The van der Waals surface area contributed by atoms with Crippen molar-refractivity contribution in [1.82, 2.24) is 0 Å². The summed E-state index contributed by atoms with van der Waals surface area (Å²) in [6.07, 6.45) is 3.88. The highest BCUT2D eigenvalue weighted by Gasteiger charge is 2.58. The van der Waals surface area contributed by atoms with Gasteiger partial charge < -0.3 is 9.84 Å². The quantitative estimate of drug-likeness (QED) is 0.712. The van der Waals surface area contributed by atoms with Crippen LogP contribution in [-0.2, 0) is 4.74 Å². The van der Waals surface area contributed by atoms with Gasteiger partial charge in [-0.2, -0.15) is 0 Å². The van der Waals surface area contributed by atoms with Crippen molar-refractivity contribution in [2.75, 3.05) is 0 Å². The Bertz CT molecular complexity index is 210. The molecule has 1 N–H and O–H groups in total. The van der Waals surface area contributed by atoms with E-state index in [-0.39, 0.29) is 17.3 Å². The lowest BCUT2D eigenvalue weighted by Crippen LogP contribution is -2.35. The Morgan fingerprint density at radius 1 is 1.46 bits per heavy atom. The molecule has 3 atom stereocenters. The van der Waals surface area contributed by atoms with Gasteiger partial charge in [-0.1, -0.05) is 13.8 Å². The Balaban J connectivity index is 2.11. The molecule has 13 heavy (non-hydrogen) atoms. The Labute approximate surface area is 80.3 Å². The maximum atomic E-state index is 9.83. The second-order valence-electron chi connectivity index (χ2n) is 5.42. The lowest BCUT2D eigenvalue weighted by atomic mass is 9.77. The van der Waals surface area contributed by atoms with Crippen LogP contribution in [-0.4, -0.2) is 22.4 Å². The van der Waals surface area contributed by atoms with Crippen molar-refractivity contribution < 1.29 is 9.84 Å². The third-order valence-corrected chi connectivity index (χ3v) is 3.58. The van der Waals surface area contributed by atoms with Gasteiger partial charge in [0.2, 0.25) is 0 Å². The molecule has 2 fully saturated rings. The normalized spacial score (nSPS) is 49.2. The average molecular weight is 184 g/mol. The Kier molecular flexibility index (Phi) is 1.97. The zero-order valence-corrected chi connectivity index (χ0v) is 8.84. The van der Waals surface area contributed by atoms with E-state index in [2.05, 4.69) is 13.8 Å². The molecule has 2 aliphatic rings. The van der Waals surface area contributed by atoms with Gasteiger partial charge in [0, 0.05) is 6.42 Å². The molecule has 2 heterocycles. The summed E-state index contributed by atoms with van der Waals surface area (Å²) in [5, 5.41) is 9.83. The lowest BCUT2D eigenvalue weighted by molar-refractivity contribution is -0.0695. The smallest absolute Gasteiger partial charge is 0.0921 e. The Morgan fingerprint density at radius 2 is 2.15 bits per heavy atom. The minimum Gasteiger partial charge on any atom is -0.390 e. The number of aliphatic hydroxyl groups is 1. The van der Waals surface area contributed by atoms with E-state index >= 15 is 0 Å². The summed E-state index contributed by atoms with van der Waals surface area (Å²) in [5.74, 6) is 0.660. The van der Waals surface area contributed by atoms with E-state index in [1.54, 1.807) is 0 Å². The van der Waals surface area contributed by atoms with Crippen LogP contribution < -0.4 is 0 Å². The highest BCUT2D eigenvalue weighted by molar-refractivity contribution is 5.08. The van der Waals surface area contributed by atoms with E-state index in [9.17, 15) is 5.11 Å². The van der Waals surface area contributed by atoms with Gasteiger partial charge in [-0.25, -0.2) is 0 Å². The molecule has 0 aromatic heterocycles. The zero-order chi connectivity index (χ0) is 9.69. The molecule has 2 nitrogen and oxygen atoms in total. The van der Waals surface area contributed by atoms with Gasteiger partial charge in [0.15, 0.2) is 0 Å². The molecule has 2 rings (SSSR count). The predicted octanol–water partition coefficient (Wildman–Crippen LogP) is 2.11. The molecular weight excluding hydrogens is 164 g/mol. The summed E-state index contributed by atoms with van der Waals surface area (Å²) in [5.41, 5.74) is -0.211. The van der Waals surface area contributed by atoms with Gasteiger partial charge in [0.1, 0.15) is 0 Å². The summed E-state index contributed by atoms with van der Waals surface area (Å²) in [6.45, 7) is 6.49. The minimum atomic E-state index is -0.236. The van der Waals surface area contributed by atoms with Crippen LogP contribution in [0.2, 0.25) is 0 Å². The number of ether oxygens (including phenoxy) is 1. The average Bonchev–Trinajstić information content (AvgIpc) is 2.37. The summed E-state index contributed by atoms with van der Waals surface area (Å²) >= 11 is 0. The van der Waals surface area contributed by atoms with E-state index in [0.29, 0.717) is 5.92 Å². The molecule has 3 unspecified atom stereocenters. The largest absolute Gasteiger partial charge is 0.390 e. The fraction of sp³-hybridized carbons (Fsp3) is 1.00. The van der Waals surface area contributed by atoms with Gasteiger partial charge in [-0.05, 0) is 32.1 Å². The highest BCUT2D eigenvalue weighted by atomic mass is 16.6. The van der Waals surface area contributed by atoms with Gasteiger partial charge in [-0.15, -0.1) is 0 Å². The Hall–Kier alpha value is -0.0800. The van der Waals surface area contributed by atoms with Crippen molar-refractivity contribution in [2.45, 2.75) is 63.8 Å². The van der Waals surface area contributed by atoms with E-state index in [1.807, 2.05) is 6.92 Å². The van der Waals surface area contributed by atoms with Crippen LogP contribution in [0.25, 0.3) is 0 Å².